The van der Waals surface area contributed by atoms with E-state index in [1.165, 1.54) is 0 Å². The molecular weight excluding hydrogens is 302 g/mol. The Kier molecular flexibility index (Phi) is 4.34. The van der Waals surface area contributed by atoms with Gasteiger partial charge in [0, 0.05) is 23.0 Å². The second-order valence-electron chi connectivity index (χ2n) is 5.19. The predicted molar refractivity (Wildman–Crippen MR) is 92.6 cm³/mol. The quantitative estimate of drug-likeness (QED) is 0.775. The first-order chi connectivity index (χ1) is 11.6. The van der Waals surface area contributed by atoms with Crippen molar-refractivity contribution in [2.75, 3.05) is 5.32 Å². The summed E-state index contributed by atoms with van der Waals surface area (Å²) in [6, 6.07) is 19.7. The Morgan fingerprint density at radius 1 is 0.833 bits per heavy atom. The largest absolute Gasteiger partial charge is 0.366 e. The smallest absolute Gasteiger partial charge is 0.274 e. The highest BCUT2D eigenvalue weighted by Crippen LogP contribution is 2.18. The second-order valence-corrected chi connectivity index (χ2v) is 5.19. The van der Waals surface area contributed by atoms with Gasteiger partial charge in [0.05, 0.1) is 0 Å². The van der Waals surface area contributed by atoms with Crippen LogP contribution < -0.4 is 11.1 Å². The van der Waals surface area contributed by atoms with Gasteiger partial charge < -0.3 is 11.1 Å². The van der Waals surface area contributed by atoms with E-state index in [9.17, 15) is 9.59 Å². The third-order valence-electron chi connectivity index (χ3n) is 3.53. The van der Waals surface area contributed by atoms with Gasteiger partial charge >= 0.3 is 0 Å². The molecule has 0 unspecified atom stereocenters. The molecule has 118 valence electrons. The number of primary amides is 1. The van der Waals surface area contributed by atoms with Crippen LogP contribution in [0.3, 0.4) is 0 Å². The minimum Gasteiger partial charge on any atom is -0.366 e. The number of amides is 2. The van der Waals surface area contributed by atoms with Gasteiger partial charge in [-0.05, 0) is 35.9 Å². The van der Waals surface area contributed by atoms with Crippen LogP contribution in [0, 0.1) is 0 Å². The van der Waals surface area contributed by atoms with Crippen molar-refractivity contribution in [3.8, 4) is 11.1 Å². The molecule has 0 radical (unpaired) electrons. The number of hydrogen-bond donors (Lipinski definition) is 2. The number of nitrogens with one attached hydrogen (secondary N) is 1. The highest BCUT2D eigenvalue weighted by molar-refractivity contribution is 6.03. The van der Waals surface area contributed by atoms with Crippen molar-refractivity contribution >= 4 is 17.5 Å². The fraction of sp³-hybridized carbons (Fsp3) is 0. The van der Waals surface area contributed by atoms with E-state index in [2.05, 4.69) is 10.3 Å². The number of anilines is 1. The molecule has 1 aromatic heterocycles. The van der Waals surface area contributed by atoms with Crippen LogP contribution in [0.4, 0.5) is 5.69 Å². The lowest BCUT2D eigenvalue weighted by molar-refractivity contribution is 0.0998. The average Bonchev–Trinajstić information content (AvgIpc) is 2.63. The lowest BCUT2D eigenvalue weighted by Crippen LogP contribution is -2.14. The van der Waals surface area contributed by atoms with Crippen LogP contribution in [0.2, 0.25) is 0 Å². The maximum atomic E-state index is 12.2. The van der Waals surface area contributed by atoms with Crippen LogP contribution >= 0.6 is 0 Å². The maximum absolute atomic E-state index is 12.2. The van der Waals surface area contributed by atoms with Crippen molar-refractivity contribution in [3.05, 3.63) is 84.2 Å². The van der Waals surface area contributed by atoms with E-state index in [-0.39, 0.29) is 5.91 Å². The molecule has 0 bridgehead atoms. The number of benzene rings is 2. The zero-order valence-electron chi connectivity index (χ0n) is 12.8. The van der Waals surface area contributed by atoms with Crippen LogP contribution in [0.15, 0.2) is 72.9 Å². The maximum Gasteiger partial charge on any atom is 0.274 e. The molecule has 0 spiro atoms. The number of carbonyl (C=O) groups is 2. The van der Waals surface area contributed by atoms with E-state index < -0.39 is 5.91 Å². The van der Waals surface area contributed by atoms with Gasteiger partial charge in [-0.3, -0.25) is 14.6 Å². The van der Waals surface area contributed by atoms with Gasteiger partial charge in [0.1, 0.15) is 5.69 Å². The first kappa shape index (κ1) is 15.4. The first-order valence-corrected chi connectivity index (χ1v) is 7.36. The minimum atomic E-state index is -0.508. The molecular formula is C19H15N3O2. The Morgan fingerprint density at radius 3 is 2.12 bits per heavy atom. The van der Waals surface area contributed by atoms with Gasteiger partial charge in [-0.15, -0.1) is 0 Å². The summed E-state index contributed by atoms with van der Waals surface area (Å²) >= 11 is 0. The summed E-state index contributed by atoms with van der Waals surface area (Å²) in [6.45, 7) is 0. The van der Waals surface area contributed by atoms with E-state index in [4.69, 9.17) is 5.73 Å². The van der Waals surface area contributed by atoms with E-state index in [1.807, 2.05) is 36.4 Å². The zero-order chi connectivity index (χ0) is 16.9. The van der Waals surface area contributed by atoms with Crippen LogP contribution in [0.5, 0.6) is 0 Å². The molecule has 0 saturated heterocycles. The Labute approximate surface area is 139 Å². The van der Waals surface area contributed by atoms with E-state index in [0.717, 1.165) is 11.1 Å². The zero-order valence-corrected chi connectivity index (χ0v) is 12.8. The van der Waals surface area contributed by atoms with Gasteiger partial charge in [0.15, 0.2) is 0 Å². The SMILES string of the molecule is NC(=O)c1ccc(NC(=O)c2ccc(-c3ccccc3)cn2)cc1. The Bertz CT molecular complexity index is 857. The van der Waals surface area contributed by atoms with E-state index >= 15 is 0 Å². The van der Waals surface area contributed by atoms with Crippen molar-refractivity contribution < 1.29 is 9.59 Å². The highest BCUT2D eigenvalue weighted by atomic mass is 16.2. The number of carbonyl (C=O) groups excluding carboxylic acids is 2. The van der Waals surface area contributed by atoms with Crippen LogP contribution in [-0.4, -0.2) is 16.8 Å². The predicted octanol–water partition coefficient (Wildman–Crippen LogP) is 3.10. The molecule has 1 heterocycles. The number of nitrogens with zero attached hydrogens (tertiary/aromatic N) is 1. The number of pyridine rings is 1. The van der Waals surface area contributed by atoms with Crippen molar-refractivity contribution in [2.45, 2.75) is 0 Å². The summed E-state index contributed by atoms with van der Waals surface area (Å²) in [4.78, 5) is 27.5. The third-order valence-corrected chi connectivity index (χ3v) is 3.53. The van der Waals surface area contributed by atoms with Crippen molar-refractivity contribution in [1.82, 2.24) is 4.98 Å². The third kappa shape index (κ3) is 3.47. The molecule has 0 saturated carbocycles. The normalized spacial score (nSPS) is 10.2. The van der Waals surface area contributed by atoms with Crippen molar-refractivity contribution in [2.24, 2.45) is 5.73 Å². The summed E-state index contributed by atoms with van der Waals surface area (Å²) in [5.74, 6) is -0.826. The molecule has 5 heteroatoms. The fourth-order valence-corrected chi connectivity index (χ4v) is 2.24. The molecule has 3 aromatic rings. The molecule has 0 aliphatic heterocycles. The van der Waals surface area contributed by atoms with Gasteiger partial charge in [-0.2, -0.15) is 0 Å². The second kappa shape index (κ2) is 6.75. The first-order valence-electron chi connectivity index (χ1n) is 7.36. The lowest BCUT2D eigenvalue weighted by Gasteiger charge is -2.06. The fourth-order valence-electron chi connectivity index (χ4n) is 2.24. The molecule has 5 nitrogen and oxygen atoms in total. The number of rotatable bonds is 4. The van der Waals surface area contributed by atoms with Gasteiger partial charge in [-0.1, -0.05) is 36.4 Å². The minimum absolute atomic E-state index is 0.314. The summed E-state index contributed by atoms with van der Waals surface area (Å²) in [6.07, 6.45) is 1.67. The Morgan fingerprint density at radius 2 is 1.54 bits per heavy atom. The Balaban J connectivity index is 1.72. The molecule has 0 aliphatic carbocycles. The van der Waals surface area contributed by atoms with Gasteiger partial charge in [0.2, 0.25) is 5.91 Å². The van der Waals surface area contributed by atoms with E-state index in [0.29, 0.717) is 16.9 Å². The number of nitrogens with two attached hydrogens (primary N) is 1. The molecule has 2 aromatic carbocycles. The monoisotopic (exact) mass is 317 g/mol. The molecule has 24 heavy (non-hydrogen) atoms. The van der Waals surface area contributed by atoms with Crippen molar-refractivity contribution in [1.29, 1.82) is 0 Å². The Hall–Kier alpha value is -3.47. The molecule has 0 aliphatic rings. The van der Waals surface area contributed by atoms with Crippen molar-refractivity contribution in [3.63, 3.8) is 0 Å². The lowest BCUT2D eigenvalue weighted by atomic mass is 10.1. The summed E-state index contributed by atoms with van der Waals surface area (Å²) in [7, 11) is 0. The topological polar surface area (TPSA) is 85.1 Å². The number of aromatic nitrogens is 1. The van der Waals surface area contributed by atoms with E-state index in [1.54, 1.807) is 36.5 Å². The summed E-state index contributed by atoms with van der Waals surface area (Å²) in [5, 5.41) is 2.73. The highest BCUT2D eigenvalue weighted by Gasteiger charge is 2.09. The van der Waals surface area contributed by atoms with Crippen LogP contribution in [0.25, 0.3) is 11.1 Å². The van der Waals surface area contributed by atoms with Crippen LogP contribution in [0.1, 0.15) is 20.8 Å². The summed E-state index contributed by atoms with van der Waals surface area (Å²) in [5.41, 5.74) is 8.43. The van der Waals surface area contributed by atoms with Crippen LogP contribution in [-0.2, 0) is 0 Å². The molecule has 3 N–H and O–H groups in total. The summed E-state index contributed by atoms with van der Waals surface area (Å²) < 4.78 is 0. The molecule has 0 atom stereocenters. The number of hydrogen-bond acceptors (Lipinski definition) is 3. The average molecular weight is 317 g/mol. The molecule has 3 rings (SSSR count). The molecule has 0 fully saturated rings. The molecule has 2 amide bonds. The standard InChI is InChI=1S/C19H15N3O2/c20-18(23)14-6-9-16(10-7-14)22-19(24)17-11-8-15(12-21-17)13-4-2-1-3-5-13/h1-12H,(H2,20,23)(H,22,24). The van der Waals surface area contributed by atoms with Gasteiger partial charge in [0.25, 0.3) is 5.91 Å². The van der Waals surface area contributed by atoms with Gasteiger partial charge in [-0.25, -0.2) is 0 Å².